The minimum absolute atomic E-state index is 0.204. The van der Waals surface area contributed by atoms with E-state index in [4.69, 9.17) is 11.6 Å². The Bertz CT molecular complexity index is 490. The SMILES string of the molecule is CN(C)CCn1ncc(Cl)c1C1(O)CCN2CCCC21. The Morgan fingerprint density at radius 3 is 3.05 bits per heavy atom. The highest BCUT2D eigenvalue weighted by Gasteiger charge is 2.51. The zero-order chi connectivity index (χ0) is 14.3. The third-order valence-corrected chi connectivity index (χ3v) is 4.94. The zero-order valence-electron chi connectivity index (χ0n) is 12.2. The minimum atomic E-state index is -0.837. The summed E-state index contributed by atoms with van der Waals surface area (Å²) in [6.07, 6.45) is 4.63. The van der Waals surface area contributed by atoms with Gasteiger partial charge in [0.15, 0.2) is 0 Å². The summed E-state index contributed by atoms with van der Waals surface area (Å²) < 4.78 is 1.89. The fraction of sp³-hybridized carbons (Fsp3) is 0.786. The summed E-state index contributed by atoms with van der Waals surface area (Å²) in [5.41, 5.74) is -0.0217. The molecule has 1 N–H and O–H groups in total. The van der Waals surface area contributed by atoms with Gasteiger partial charge >= 0.3 is 0 Å². The van der Waals surface area contributed by atoms with E-state index in [-0.39, 0.29) is 6.04 Å². The number of aromatic nitrogens is 2. The molecule has 2 fully saturated rings. The molecule has 112 valence electrons. The lowest BCUT2D eigenvalue weighted by Gasteiger charge is -2.31. The molecule has 2 aliphatic heterocycles. The summed E-state index contributed by atoms with van der Waals surface area (Å²) in [5, 5.41) is 16.2. The Morgan fingerprint density at radius 1 is 1.50 bits per heavy atom. The van der Waals surface area contributed by atoms with E-state index >= 15 is 0 Å². The second-order valence-corrected chi connectivity index (χ2v) is 6.64. The number of rotatable bonds is 4. The van der Waals surface area contributed by atoms with E-state index in [1.807, 2.05) is 18.8 Å². The van der Waals surface area contributed by atoms with Crippen molar-refractivity contribution in [2.24, 2.45) is 0 Å². The van der Waals surface area contributed by atoms with E-state index in [0.29, 0.717) is 5.02 Å². The molecular formula is C14H23ClN4O. The van der Waals surface area contributed by atoms with Gasteiger partial charge in [-0.1, -0.05) is 11.6 Å². The maximum absolute atomic E-state index is 11.2. The van der Waals surface area contributed by atoms with Gasteiger partial charge in [0.2, 0.25) is 0 Å². The van der Waals surface area contributed by atoms with Crippen molar-refractivity contribution in [2.45, 2.75) is 37.5 Å². The molecule has 1 aromatic heterocycles. The highest BCUT2D eigenvalue weighted by molar-refractivity contribution is 6.31. The van der Waals surface area contributed by atoms with Gasteiger partial charge in [0.1, 0.15) is 5.60 Å². The van der Waals surface area contributed by atoms with E-state index in [1.165, 1.54) is 0 Å². The van der Waals surface area contributed by atoms with Crippen molar-refractivity contribution in [3.05, 3.63) is 16.9 Å². The number of likely N-dealkylation sites (N-methyl/N-ethyl adjacent to an activating group) is 1. The first-order chi connectivity index (χ1) is 9.52. The van der Waals surface area contributed by atoms with Crippen LogP contribution >= 0.6 is 11.6 Å². The summed E-state index contributed by atoms with van der Waals surface area (Å²) in [6.45, 7) is 3.69. The summed E-state index contributed by atoms with van der Waals surface area (Å²) in [4.78, 5) is 4.50. The van der Waals surface area contributed by atoms with E-state index in [0.717, 1.165) is 51.1 Å². The molecule has 0 bridgehead atoms. The molecule has 3 rings (SSSR count). The van der Waals surface area contributed by atoms with Crippen LogP contribution in [0.2, 0.25) is 5.02 Å². The lowest BCUT2D eigenvalue weighted by Crippen LogP contribution is -2.41. The minimum Gasteiger partial charge on any atom is -0.382 e. The van der Waals surface area contributed by atoms with Gasteiger partial charge in [-0.05, 0) is 39.9 Å². The maximum atomic E-state index is 11.2. The Morgan fingerprint density at radius 2 is 2.30 bits per heavy atom. The van der Waals surface area contributed by atoms with E-state index < -0.39 is 5.60 Å². The van der Waals surface area contributed by atoms with Gasteiger partial charge in [-0.3, -0.25) is 9.58 Å². The Hall–Kier alpha value is -0.620. The second kappa shape index (κ2) is 5.30. The van der Waals surface area contributed by atoms with E-state index in [1.54, 1.807) is 6.20 Å². The van der Waals surface area contributed by atoms with Gasteiger partial charge in [-0.2, -0.15) is 5.10 Å². The smallest absolute Gasteiger partial charge is 0.124 e. The van der Waals surface area contributed by atoms with Crippen LogP contribution in [0.5, 0.6) is 0 Å². The first kappa shape index (κ1) is 14.3. The molecule has 2 saturated heterocycles. The van der Waals surface area contributed by atoms with Gasteiger partial charge < -0.3 is 10.0 Å². The number of fused-ring (bicyclic) bond motifs is 1. The van der Waals surface area contributed by atoms with Crippen molar-refractivity contribution >= 4 is 11.6 Å². The average molecular weight is 299 g/mol. The van der Waals surface area contributed by atoms with E-state index in [2.05, 4.69) is 14.9 Å². The third-order valence-electron chi connectivity index (χ3n) is 4.66. The normalized spacial score (nSPS) is 30.4. The number of halogens is 1. The van der Waals surface area contributed by atoms with Crippen LogP contribution in [0.15, 0.2) is 6.20 Å². The molecule has 1 aromatic rings. The summed E-state index contributed by atoms with van der Waals surface area (Å²) in [7, 11) is 4.07. The molecule has 3 heterocycles. The molecule has 0 radical (unpaired) electrons. The lowest BCUT2D eigenvalue weighted by molar-refractivity contribution is 0.000972. The number of hydrogen-bond acceptors (Lipinski definition) is 4. The van der Waals surface area contributed by atoms with Crippen LogP contribution in [0, 0.1) is 0 Å². The third kappa shape index (κ3) is 2.26. The van der Waals surface area contributed by atoms with Crippen LogP contribution in [0.4, 0.5) is 0 Å². The standard InChI is InChI=1S/C14H23ClN4O/c1-17(2)8-9-19-13(11(15)10-16-19)14(20)5-7-18-6-3-4-12(14)18/h10,12,20H,3-9H2,1-2H3. The summed E-state index contributed by atoms with van der Waals surface area (Å²) in [5.74, 6) is 0. The zero-order valence-corrected chi connectivity index (χ0v) is 13.0. The fourth-order valence-corrected chi connectivity index (χ4v) is 3.95. The van der Waals surface area contributed by atoms with Crippen molar-refractivity contribution in [2.75, 3.05) is 33.7 Å². The predicted octanol–water partition coefficient (Wildman–Crippen LogP) is 1.15. The number of nitrogens with zero attached hydrogens (tertiary/aromatic N) is 4. The molecule has 0 aromatic carbocycles. The van der Waals surface area contributed by atoms with Crippen LogP contribution < -0.4 is 0 Å². The van der Waals surface area contributed by atoms with Crippen molar-refractivity contribution in [3.63, 3.8) is 0 Å². The molecule has 5 nitrogen and oxygen atoms in total. The number of aliphatic hydroxyl groups is 1. The largest absolute Gasteiger partial charge is 0.382 e. The molecular weight excluding hydrogens is 276 g/mol. The first-order valence-corrected chi connectivity index (χ1v) is 7.73. The Balaban J connectivity index is 1.90. The quantitative estimate of drug-likeness (QED) is 0.906. The molecule has 6 heteroatoms. The molecule has 0 amide bonds. The summed E-state index contributed by atoms with van der Waals surface area (Å²) >= 11 is 6.34. The van der Waals surface area contributed by atoms with E-state index in [9.17, 15) is 5.11 Å². The number of hydrogen-bond donors (Lipinski definition) is 1. The molecule has 20 heavy (non-hydrogen) atoms. The highest BCUT2D eigenvalue weighted by Crippen LogP contribution is 2.44. The predicted molar refractivity (Wildman–Crippen MR) is 78.9 cm³/mol. The van der Waals surface area contributed by atoms with Crippen LogP contribution in [-0.2, 0) is 12.1 Å². The van der Waals surface area contributed by atoms with Gasteiger partial charge in [0.05, 0.1) is 23.5 Å². The fourth-order valence-electron chi connectivity index (χ4n) is 3.65. The molecule has 2 atom stereocenters. The average Bonchev–Trinajstić information content (AvgIpc) is 3.05. The van der Waals surface area contributed by atoms with Crippen LogP contribution in [0.1, 0.15) is 25.0 Å². The summed E-state index contributed by atoms with van der Waals surface area (Å²) in [6, 6.07) is 0.204. The molecule has 0 saturated carbocycles. The lowest BCUT2D eigenvalue weighted by atomic mass is 9.89. The maximum Gasteiger partial charge on any atom is 0.124 e. The molecule has 2 aliphatic rings. The topological polar surface area (TPSA) is 44.5 Å². The van der Waals surface area contributed by atoms with Crippen LogP contribution in [0.3, 0.4) is 0 Å². The van der Waals surface area contributed by atoms with Gasteiger partial charge in [-0.25, -0.2) is 0 Å². The molecule has 2 unspecified atom stereocenters. The first-order valence-electron chi connectivity index (χ1n) is 7.35. The van der Waals surface area contributed by atoms with Crippen molar-refractivity contribution < 1.29 is 5.11 Å². The van der Waals surface area contributed by atoms with Gasteiger partial charge in [-0.15, -0.1) is 0 Å². The van der Waals surface area contributed by atoms with Gasteiger partial charge in [0, 0.05) is 19.1 Å². The van der Waals surface area contributed by atoms with Crippen LogP contribution in [0.25, 0.3) is 0 Å². The highest BCUT2D eigenvalue weighted by atomic mass is 35.5. The van der Waals surface area contributed by atoms with Crippen molar-refractivity contribution in [1.82, 2.24) is 19.6 Å². The molecule has 0 spiro atoms. The Labute approximate surface area is 125 Å². The van der Waals surface area contributed by atoms with Crippen molar-refractivity contribution in [3.8, 4) is 0 Å². The van der Waals surface area contributed by atoms with Crippen LogP contribution in [-0.4, -0.2) is 64.5 Å². The monoisotopic (exact) mass is 298 g/mol. The second-order valence-electron chi connectivity index (χ2n) is 6.24. The molecule has 0 aliphatic carbocycles. The van der Waals surface area contributed by atoms with Gasteiger partial charge in [0.25, 0.3) is 0 Å². The Kier molecular flexibility index (Phi) is 3.79. The van der Waals surface area contributed by atoms with Crippen molar-refractivity contribution in [1.29, 1.82) is 0 Å².